The Labute approximate surface area is 80.1 Å². The van der Waals surface area contributed by atoms with Crippen molar-refractivity contribution in [2.75, 3.05) is 0 Å². The number of aliphatic carboxylic acids is 3. The van der Waals surface area contributed by atoms with Crippen LogP contribution in [-0.4, -0.2) is 39.4 Å². The van der Waals surface area contributed by atoms with Gasteiger partial charge in [0.15, 0.2) is 6.17 Å². The molecular weight excluding hydrogens is 196 g/mol. The van der Waals surface area contributed by atoms with Crippen LogP contribution in [0.2, 0.25) is 0 Å². The maximum atomic E-state index is 9.45. The SMILES string of the molecule is CC(=O)O.CC(=O)O.NC(N)C(=O)O. The molecule has 0 fully saturated rings. The largest absolute Gasteiger partial charge is 0.481 e. The summed E-state index contributed by atoms with van der Waals surface area (Å²) in [5.74, 6) is -2.85. The fraction of sp³-hybridized carbons (Fsp3) is 0.500. The standard InChI is InChI=1S/C2H6N2O2.2C2H4O2/c3-1(4)2(5)6;2*1-2(3)4/h1H,3-4H2,(H,5,6);2*1H3,(H,3,4). The minimum atomic E-state index is -1.23. The molecule has 0 rings (SSSR count). The van der Waals surface area contributed by atoms with Gasteiger partial charge in [0.05, 0.1) is 0 Å². The lowest BCUT2D eigenvalue weighted by molar-refractivity contribution is -0.138. The molecule has 0 radical (unpaired) electrons. The van der Waals surface area contributed by atoms with E-state index in [9.17, 15) is 4.79 Å². The molecule has 0 amide bonds. The summed E-state index contributed by atoms with van der Waals surface area (Å²) in [6.45, 7) is 2.17. The number of hydrogen-bond acceptors (Lipinski definition) is 5. The van der Waals surface area contributed by atoms with Gasteiger partial charge in [-0.25, -0.2) is 4.79 Å². The van der Waals surface area contributed by atoms with Crippen LogP contribution < -0.4 is 11.5 Å². The van der Waals surface area contributed by atoms with E-state index >= 15 is 0 Å². The van der Waals surface area contributed by atoms with E-state index in [1.807, 2.05) is 0 Å². The molecule has 0 aromatic rings. The molecule has 0 aliphatic carbocycles. The maximum absolute atomic E-state index is 9.45. The normalized spacial score (nSPS) is 7.50. The summed E-state index contributed by atoms with van der Waals surface area (Å²) >= 11 is 0. The molecule has 7 N–H and O–H groups in total. The van der Waals surface area contributed by atoms with E-state index in [0.717, 1.165) is 13.8 Å². The highest BCUT2D eigenvalue weighted by Crippen LogP contribution is 1.56. The Morgan fingerprint density at radius 1 is 0.929 bits per heavy atom. The topological polar surface area (TPSA) is 164 Å². The minimum absolute atomic E-state index is 0.833. The summed E-state index contributed by atoms with van der Waals surface area (Å²) in [6.07, 6.45) is -1.23. The quantitative estimate of drug-likeness (QED) is 0.326. The van der Waals surface area contributed by atoms with Crippen molar-refractivity contribution in [3.8, 4) is 0 Å². The molecule has 0 atom stereocenters. The van der Waals surface area contributed by atoms with Crippen molar-refractivity contribution < 1.29 is 29.7 Å². The molecule has 0 aliphatic rings. The first-order valence-corrected chi connectivity index (χ1v) is 3.24. The van der Waals surface area contributed by atoms with Crippen molar-refractivity contribution >= 4 is 17.9 Å². The van der Waals surface area contributed by atoms with Crippen LogP contribution in [0.25, 0.3) is 0 Å². The first kappa shape index (κ1) is 18.2. The third-order valence-corrected chi connectivity index (χ3v) is 0.285. The molecular formula is C6H14N2O6. The summed E-state index contributed by atoms with van der Waals surface area (Å²) < 4.78 is 0. The minimum Gasteiger partial charge on any atom is -0.481 e. The first-order chi connectivity index (χ1) is 6.11. The van der Waals surface area contributed by atoms with Crippen molar-refractivity contribution in [3.63, 3.8) is 0 Å². The number of nitrogens with two attached hydrogens (primary N) is 2. The van der Waals surface area contributed by atoms with Gasteiger partial charge in [-0.1, -0.05) is 0 Å². The van der Waals surface area contributed by atoms with E-state index in [0.29, 0.717) is 0 Å². The predicted octanol–water partition coefficient (Wildman–Crippen LogP) is -1.50. The van der Waals surface area contributed by atoms with Crippen LogP contribution in [0.1, 0.15) is 13.8 Å². The zero-order chi connectivity index (χ0) is 12.3. The van der Waals surface area contributed by atoms with Crippen LogP contribution in [0.5, 0.6) is 0 Å². The Bertz CT molecular complexity index is 171. The summed E-state index contributed by atoms with van der Waals surface area (Å²) in [5.41, 5.74) is 9.23. The fourth-order valence-electron chi connectivity index (χ4n) is 0. The molecule has 0 spiro atoms. The summed E-state index contributed by atoms with van der Waals surface area (Å²) in [5, 5.41) is 22.6. The second-order valence-electron chi connectivity index (χ2n) is 1.90. The Balaban J connectivity index is -0.000000135. The second kappa shape index (κ2) is 11.3. The Morgan fingerprint density at radius 3 is 1.00 bits per heavy atom. The fourth-order valence-corrected chi connectivity index (χ4v) is 0. The van der Waals surface area contributed by atoms with Crippen LogP contribution in [-0.2, 0) is 14.4 Å². The van der Waals surface area contributed by atoms with Crippen molar-refractivity contribution in [2.45, 2.75) is 20.0 Å². The smallest absolute Gasteiger partial charge is 0.335 e. The van der Waals surface area contributed by atoms with Gasteiger partial charge in [0.1, 0.15) is 0 Å². The van der Waals surface area contributed by atoms with Crippen LogP contribution >= 0.6 is 0 Å². The number of carboxylic acid groups (broad SMARTS) is 3. The summed E-state index contributed by atoms with van der Waals surface area (Å²) in [6, 6.07) is 0. The maximum Gasteiger partial charge on any atom is 0.335 e. The lowest BCUT2D eigenvalue weighted by Crippen LogP contribution is -2.38. The molecule has 0 saturated heterocycles. The van der Waals surface area contributed by atoms with E-state index in [-0.39, 0.29) is 0 Å². The zero-order valence-corrected chi connectivity index (χ0v) is 7.80. The monoisotopic (exact) mass is 210 g/mol. The molecule has 0 aliphatic heterocycles. The molecule has 14 heavy (non-hydrogen) atoms. The summed E-state index contributed by atoms with van der Waals surface area (Å²) in [4.78, 5) is 27.4. The average molecular weight is 210 g/mol. The summed E-state index contributed by atoms with van der Waals surface area (Å²) in [7, 11) is 0. The Hall–Kier alpha value is -1.67. The lowest BCUT2D eigenvalue weighted by atomic mass is 10.6. The number of carbonyl (C=O) groups is 3. The number of carboxylic acids is 3. The van der Waals surface area contributed by atoms with Gasteiger partial charge >= 0.3 is 5.97 Å². The van der Waals surface area contributed by atoms with Gasteiger partial charge in [-0.2, -0.15) is 0 Å². The van der Waals surface area contributed by atoms with Crippen LogP contribution in [0, 0.1) is 0 Å². The van der Waals surface area contributed by atoms with E-state index < -0.39 is 24.1 Å². The molecule has 0 aromatic carbocycles. The highest BCUT2D eigenvalue weighted by atomic mass is 16.4. The van der Waals surface area contributed by atoms with E-state index in [2.05, 4.69) is 11.5 Å². The van der Waals surface area contributed by atoms with Gasteiger partial charge in [-0.05, 0) is 0 Å². The van der Waals surface area contributed by atoms with Gasteiger partial charge < -0.3 is 26.8 Å². The van der Waals surface area contributed by atoms with E-state index in [4.69, 9.17) is 24.9 Å². The van der Waals surface area contributed by atoms with E-state index in [1.54, 1.807) is 0 Å². The molecule has 0 unspecified atom stereocenters. The average Bonchev–Trinajstić information content (AvgIpc) is 1.83. The Morgan fingerprint density at radius 2 is 1.00 bits per heavy atom. The zero-order valence-electron chi connectivity index (χ0n) is 7.80. The highest BCUT2D eigenvalue weighted by Gasteiger charge is 1.99. The molecule has 0 heterocycles. The van der Waals surface area contributed by atoms with Gasteiger partial charge in [-0.15, -0.1) is 0 Å². The lowest BCUT2D eigenvalue weighted by Gasteiger charge is -1.90. The number of rotatable bonds is 1. The van der Waals surface area contributed by atoms with Crippen LogP contribution in [0.15, 0.2) is 0 Å². The van der Waals surface area contributed by atoms with Crippen molar-refractivity contribution in [2.24, 2.45) is 11.5 Å². The van der Waals surface area contributed by atoms with Crippen LogP contribution in [0.3, 0.4) is 0 Å². The van der Waals surface area contributed by atoms with Crippen LogP contribution in [0.4, 0.5) is 0 Å². The Kier molecular flexibility index (Phi) is 14.7. The molecule has 0 aromatic heterocycles. The van der Waals surface area contributed by atoms with Crippen molar-refractivity contribution in [1.29, 1.82) is 0 Å². The highest BCUT2D eigenvalue weighted by molar-refractivity contribution is 5.72. The van der Waals surface area contributed by atoms with Gasteiger partial charge in [0.25, 0.3) is 11.9 Å². The molecule has 8 heteroatoms. The molecule has 0 saturated carbocycles. The van der Waals surface area contributed by atoms with Crippen molar-refractivity contribution in [1.82, 2.24) is 0 Å². The third kappa shape index (κ3) is 166. The second-order valence-corrected chi connectivity index (χ2v) is 1.90. The molecule has 84 valence electrons. The predicted molar refractivity (Wildman–Crippen MR) is 46.4 cm³/mol. The number of hydrogen-bond donors (Lipinski definition) is 5. The van der Waals surface area contributed by atoms with E-state index in [1.165, 1.54) is 0 Å². The van der Waals surface area contributed by atoms with Gasteiger partial charge in [-0.3, -0.25) is 9.59 Å². The van der Waals surface area contributed by atoms with Gasteiger partial charge in [0, 0.05) is 13.8 Å². The first-order valence-electron chi connectivity index (χ1n) is 3.24. The molecule has 8 nitrogen and oxygen atoms in total. The van der Waals surface area contributed by atoms with Gasteiger partial charge in [0.2, 0.25) is 0 Å². The third-order valence-electron chi connectivity index (χ3n) is 0.285. The molecule has 0 bridgehead atoms. The van der Waals surface area contributed by atoms with Crippen molar-refractivity contribution in [3.05, 3.63) is 0 Å².